The number of aromatic nitrogens is 1. The highest BCUT2D eigenvalue weighted by Crippen LogP contribution is 2.13. The van der Waals surface area contributed by atoms with E-state index in [1.54, 1.807) is 0 Å². The van der Waals surface area contributed by atoms with Gasteiger partial charge >= 0.3 is 0 Å². The molecule has 0 saturated carbocycles. The molecule has 1 aromatic rings. The number of anilines is 2. The molecule has 1 rings (SSSR count). The van der Waals surface area contributed by atoms with E-state index in [1.807, 2.05) is 31.2 Å². The quantitative estimate of drug-likeness (QED) is 0.780. The lowest BCUT2D eigenvalue weighted by Gasteiger charge is -2.10. The number of rotatable bonds is 6. The molecular formula is C11H19N3S. The van der Waals surface area contributed by atoms with Crippen LogP contribution in [0.4, 0.5) is 11.4 Å². The van der Waals surface area contributed by atoms with Gasteiger partial charge in [-0.05, 0) is 18.7 Å². The molecule has 0 radical (unpaired) electrons. The van der Waals surface area contributed by atoms with Crippen LogP contribution < -0.4 is 10.6 Å². The minimum atomic E-state index is 0.706. The van der Waals surface area contributed by atoms with Gasteiger partial charge in [-0.25, -0.2) is 0 Å². The molecule has 0 aromatic carbocycles. The molecule has 84 valence electrons. The minimum absolute atomic E-state index is 0.706. The van der Waals surface area contributed by atoms with Crippen molar-refractivity contribution in [1.82, 2.24) is 4.98 Å². The van der Waals surface area contributed by atoms with Crippen molar-refractivity contribution in [2.45, 2.75) is 18.6 Å². The first-order chi connectivity index (χ1) is 7.26. The largest absolute Gasteiger partial charge is 0.387 e. The summed E-state index contributed by atoms with van der Waals surface area (Å²) in [6.07, 6.45) is 6.99. The maximum Gasteiger partial charge on any atom is 0.0547 e. The van der Waals surface area contributed by atoms with Crippen molar-refractivity contribution in [3.05, 3.63) is 18.5 Å². The van der Waals surface area contributed by atoms with Gasteiger partial charge in [0.2, 0.25) is 0 Å². The lowest BCUT2D eigenvalue weighted by Crippen LogP contribution is -2.08. The Morgan fingerprint density at radius 3 is 2.80 bits per heavy atom. The predicted molar refractivity (Wildman–Crippen MR) is 69.9 cm³/mol. The zero-order chi connectivity index (χ0) is 11.1. The van der Waals surface area contributed by atoms with Crippen molar-refractivity contribution < 1.29 is 0 Å². The standard InChI is InChI=1S/C11H19N3S/c1-9(15-3)4-5-14-11-6-10(12-2)7-13-8-11/h6-9,12,14H,4-5H2,1-3H3. The molecule has 0 aliphatic heterocycles. The zero-order valence-electron chi connectivity index (χ0n) is 9.58. The van der Waals surface area contributed by atoms with Crippen molar-refractivity contribution in [1.29, 1.82) is 0 Å². The molecule has 2 N–H and O–H groups in total. The third-order valence-electron chi connectivity index (χ3n) is 2.31. The van der Waals surface area contributed by atoms with Gasteiger partial charge in [0.25, 0.3) is 0 Å². The van der Waals surface area contributed by atoms with Crippen molar-refractivity contribution in [2.24, 2.45) is 0 Å². The van der Waals surface area contributed by atoms with E-state index in [0.717, 1.165) is 17.9 Å². The third-order valence-corrected chi connectivity index (χ3v) is 3.35. The van der Waals surface area contributed by atoms with Crippen molar-refractivity contribution >= 4 is 23.1 Å². The smallest absolute Gasteiger partial charge is 0.0547 e. The normalized spacial score (nSPS) is 12.2. The first-order valence-corrected chi connectivity index (χ1v) is 6.44. The Bertz CT molecular complexity index is 291. The Morgan fingerprint density at radius 1 is 1.40 bits per heavy atom. The Hall–Kier alpha value is -0.900. The highest BCUT2D eigenvalue weighted by atomic mass is 32.2. The van der Waals surface area contributed by atoms with Gasteiger partial charge in [0.15, 0.2) is 0 Å². The van der Waals surface area contributed by atoms with Crippen LogP contribution in [0.5, 0.6) is 0 Å². The van der Waals surface area contributed by atoms with Crippen LogP contribution in [0.1, 0.15) is 13.3 Å². The second-order valence-electron chi connectivity index (χ2n) is 3.47. The van der Waals surface area contributed by atoms with Gasteiger partial charge in [-0.2, -0.15) is 11.8 Å². The fraction of sp³-hybridized carbons (Fsp3) is 0.545. The van der Waals surface area contributed by atoms with Crippen molar-refractivity contribution in [3.63, 3.8) is 0 Å². The Kier molecular flexibility index (Phi) is 5.32. The van der Waals surface area contributed by atoms with E-state index in [0.29, 0.717) is 5.25 Å². The summed E-state index contributed by atoms with van der Waals surface area (Å²) in [5, 5.41) is 7.15. The van der Waals surface area contributed by atoms with Crippen LogP contribution in [0.15, 0.2) is 18.5 Å². The van der Waals surface area contributed by atoms with Crippen molar-refractivity contribution in [2.75, 3.05) is 30.5 Å². The Labute approximate surface area is 96.1 Å². The molecule has 0 fully saturated rings. The van der Waals surface area contributed by atoms with Gasteiger partial charge in [-0.15, -0.1) is 0 Å². The predicted octanol–water partition coefficient (Wildman–Crippen LogP) is 2.68. The molecule has 0 saturated heterocycles. The first kappa shape index (κ1) is 12.2. The van der Waals surface area contributed by atoms with Gasteiger partial charge < -0.3 is 10.6 Å². The van der Waals surface area contributed by atoms with E-state index in [1.165, 1.54) is 6.42 Å². The van der Waals surface area contributed by atoms with E-state index in [-0.39, 0.29) is 0 Å². The highest BCUT2D eigenvalue weighted by Gasteiger charge is 1.99. The molecule has 1 aromatic heterocycles. The Morgan fingerprint density at radius 2 is 2.13 bits per heavy atom. The molecule has 1 atom stereocenters. The maximum atomic E-state index is 4.14. The van der Waals surface area contributed by atoms with Crippen LogP contribution in [0.25, 0.3) is 0 Å². The van der Waals surface area contributed by atoms with E-state index < -0.39 is 0 Å². The third kappa shape index (κ3) is 4.42. The molecule has 0 aliphatic rings. The molecule has 1 unspecified atom stereocenters. The molecule has 0 spiro atoms. The average molecular weight is 225 g/mol. The van der Waals surface area contributed by atoms with Crippen molar-refractivity contribution in [3.8, 4) is 0 Å². The zero-order valence-corrected chi connectivity index (χ0v) is 10.4. The van der Waals surface area contributed by atoms with Gasteiger partial charge in [0.05, 0.1) is 23.8 Å². The maximum absolute atomic E-state index is 4.14. The average Bonchev–Trinajstić information content (AvgIpc) is 2.29. The topological polar surface area (TPSA) is 37.0 Å². The molecule has 3 nitrogen and oxygen atoms in total. The summed E-state index contributed by atoms with van der Waals surface area (Å²) in [5.41, 5.74) is 2.12. The van der Waals surface area contributed by atoms with E-state index in [4.69, 9.17) is 0 Å². The van der Waals surface area contributed by atoms with Crippen LogP contribution in [0, 0.1) is 0 Å². The fourth-order valence-electron chi connectivity index (χ4n) is 1.21. The molecule has 0 bridgehead atoms. The summed E-state index contributed by atoms with van der Waals surface area (Å²) in [4.78, 5) is 4.14. The summed E-state index contributed by atoms with van der Waals surface area (Å²) in [7, 11) is 1.90. The Balaban J connectivity index is 2.37. The molecule has 15 heavy (non-hydrogen) atoms. The van der Waals surface area contributed by atoms with E-state index in [2.05, 4.69) is 34.9 Å². The summed E-state index contributed by atoms with van der Waals surface area (Å²) in [6, 6.07) is 2.07. The summed E-state index contributed by atoms with van der Waals surface area (Å²) in [5.74, 6) is 0. The molecule has 0 aliphatic carbocycles. The highest BCUT2D eigenvalue weighted by molar-refractivity contribution is 7.99. The number of nitrogens with one attached hydrogen (secondary N) is 2. The summed E-state index contributed by atoms with van der Waals surface area (Å²) >= 11 is 1.90. The summed E-state index contributed by atoms with van der Waals surface area (Å²) < 4.78 is 0. The number of pyridine rings is 1. The molecule has 0 amide bonds. The lowest BCUT2D eigenvalue weighted by molar-refractivity contribution is 0.853. The van der Waals surface area contributed by atoms with E-state index >= 15 is 0 Å². The number of hydrogen-bond acceptors (Lipinski definition) is 4. The monoisotopic (exact) mass is 225 g/mol. The molecular weight excluding hydrogens is 206 g/mol. The van der Waals surface area contributed by atoms with Crippen LogP contribution >= 0.6 is 11.8 Å². The van der Waals surface area contributed by atoms with Gasteiger partial charge in [0.1, 0.15) is 0 Å². The molecule has 4 heteroatoms. The number of thioether (sulfide) groups is 1. The number of hydrogen-bond donors (Lipinski definition) is 2. The summed E-state index contributed by atoms with van der Waals surface area (Å²) in [6.45, 7) is 3.24. The van der Waals surface area contributed by atoms with Gasteiger partial charge in [-0.3, -0.25) is 4.98 Å². The van der Waals surface area contributed by atoms with Crippen LogP contribution in [-0.2, 0) is 0 Å². The second kappa shape index (κ2) is 6.56. The SMILES string of the molecule is CNc1cncc(NCCC(C)SC)c1. The van der Waals surface area contributed by atoms with E-state index in [9.17, 15) is 0 Å². The van der Waals surface area contributed by atoms with Crippen LogP contribution in [0.2, 0.25) is 0 Å². The number of nitrogens with zero attached hydrogens (tertiary/aromatic N) is 1. The first-order valence-electron chi connectivity index (χ1n) is 5.15. The fourth-order valence-corrected chi connectivity index (χ4v) is 1.56. The van der Waals surface area contributed by atoms with Gasteiger partial charge in [-0.1, -0.05) is 6.92 Å². The minimum Gasteiger partial charge on any atom is -0.387 e. The van der Waals surface area contributed by atoms with Gasteiger partial charge in [0, 0.05) is 18.8 Å². The molecule has 1 heterocycles. The van der Waals surface area contributed by atoms with Crippen LogP contribution in [-0.4, -0.2) is 30.1 Å². The van der Waals surface area contributed by atoms with Crippen LogP contribution in [0.3, 0.4) is 0 Å². The second-order valence-corrected chi connectivity index (χ2v) is 4.75. The lowest BCUT2D eigenvalue weighted by atomic mass is 10.3.